The molecule has 0 saturated heterocycles. The number of carbonyl (C=O) groups is 1. The van der Waals surface area contributed by atoms with E-state index in [0.717, 1.165) is 19.3 Å². The predicted molar refractivity (Wildman–Crippen MR) is 40.8 cm³/mol. The fraction of sp³-hybridized carbons (Fsp3) is 0.625. The summed E-state index contributed by atoms with van der Waals surface area (Å²) in [5.74, 6) is 0.110. The number of hydrogen-bond donors (Lipinski definition) is 0. The van der Waals surface area contributed by atoms with Crippen molar-refractivity contribution in [3.05, 3.63) is 6.42 Å². The Balaban J connectivity index is 0.000000461. The van der Waals surface area contributed by atoms with E-state index in [-0.39, 0.29) is 11.9 Å². The molecular weight excluding hydrogens is 187 g/mol. The molecule has 0 aromatic heterocycles. The Morgan fingerprint density at radius 2 is 2.36 bits per heavy atom. The molecule has 1 rings (SSSR count). The first-order chi connectivity index (χ1) is 5.34. The van der Waals surface area contributed by atoms with E-state index >= 15 is 0 Å². The van der Waals surface area contributed by atoms with Gasteiger partial charge in [-0.2, -0.15) is 12.8 Å². The zero-order valence-corrected chi connectivity index (χ0v) is 7.60. The van der Waals surface area contributed by atoms with Gasteiger partial charge in [0.2, 0.25) is 0 Å². The molecule has 0 amide bonds. The molecule has 0 aromatic carbocycles. The molecule has 0 heterocycles. The Bertz CT molecular complexity index is 119. The van der Waals surface area contributed by atoms with Crippen molar-refractivity contribution in [3.8, 4) is 0 Å². The second-order valence-corrected chi connectivity index (χ2v) is 2.32. The molecule has 1 aliphatic rings. The maximum absolute atomic E-state index is 10.8. The molecule has 2 nitrogen and oxygen atoms in total. The van der Waals surface area contributed by atoms with E-state index in [1.54, 1.807) is 0 Å². The van der Waals surface area contributed by atoms with E-state index in [1.807, 2.05) is 0 Å². The molecule has 0 aliphatic heterocycles. The molecule has 0 radical (unpaired) electrons. The van der Waals surface area contributed by atoms with Gasteiger partial charge < -0.3 is 11.2 Å². The molecule has 1 aliphatic carbocycles. The van der Waals surface area contributed by atoms with Gasteiger partial charge in [-0.3, -0.25) is 4.79 Å². The average molecular weight is 200 g/mol. The summed E-state index contributed by atoms with van der Waals surface area (Å²) in [6, 6.07) is 0. The maximum atomic E-state index is 10.8. The number of ether oxygens (including phenoxy) is 1. The van der Waals surface area contributed by atoms with Crippen LogP contribution in [0.1, 0.15) is 19.3 Å². The third-order valence-corrected chi connectivity index (χ3v) is 1.70. The van der Waals surface area contributed by atoms with E-state index in [0.29, 0.717) is 0 Å². The molecule has 68 valence electrons. The Kier molecular flexibility index (Phi) is 6.44. The van der Waals surface area contributed by atoms with Crippen LogP contribution in [0.25, 0.3) is 0 Å². The van der Waals surface area contributed by atoms with Crippen LogP contribution in [0, 0.1) is 12.3 Å². The van der Waals surface area contributed by atoms with Gasteiger partial charge in [0.25, 0.3) is 0 Å². The van der Waals surface area contributed by atoms with Crippen molar-refractivity contribution in [1.29, 1.82) is 0 Å². The first kappa shape index (κ1) is 10.8. The van der Waals surface area contributed by atoms with E-state index < -0.39 is 0 Å². The van der Waals surface area contributed by atoms with Crippen molar-refractivity contribution in [2.45, 2.75) is 19.3 Å². The van der Waals surface area contributed by atoms with Crippen molar-refractivity contribution in [2.24, 2.45) is 5.92 Å². The molecule has 1 saturated carbocycles. The summed E-state index contributed by atoms with van der Waals surface area (Å²) in [5.41, 5.74) is 2.88. The van der Waals surface area contributed by atoms with Crippen LogP contribution in [0.4, 0.5) is 0 Å². The molecule has 0 bridgehead atoms. The SMILES string of the molecule is COC(=O)[C@@H]1C[CH-]CC1.[CH2]=[Ni]. The molecule has 1 fully saturated rings. The van der Waals surface area contributed by atoms with E-state index in [2.05, 4.69) is 31.7 Å². The fourth-order valence-corrected chi connectivity index (χ4v) is 1.14. The average Bonchev–Trinajstić information content (AvgIpc) is 2.59. The zero-order chi connectivity index (χ0) is 8.69. The Hall–Kier alpha value is -0.166. The van der Waals surface area contributed by atoms with Crippen molar-refractivity contribution in [2.75, 3.05) is 7.11 Å². The second kappa shape index (κ2) is 6.54. The molecule has 0 aromatic rings. The second-order valence-electron chi connectivity index (χ2n) is 2.32. The molecule has 3 heteroatoms. The monoisotopic (exact) mass is 199 g/mol. The zero-order valence-electron chi connectivity index (χ0n) is 6.62. The van der Waals surface area contributed by atoms with Gasteiger partial charge >= 0.3 is 26.5 Å². The van der Waals surface area contributed by atoms with Crippen LogP contribution in [-0.2, 0) is 24.6 Å². The predicted octanol–water partition coefficient (Wildman–Crippen LogP) is 1.13. The molecule has 0 spiro atoms. The first-order valence-electron chi connectivity index (χ1n) is 3.46. The topological polar surface area (TPSA) is 26.3 Å². The van der Waals surface area contributed by atoms with Crippen molar-refractivity contribution in [3.63, 3.8) is 0 Å². The summed E-state index contributed by atoms with van der Waals surface area (Å²) in [5, 5.41) is 0. The molecular formula is C8H13NiO2-. The van der Waals surface area contributed by atoms with Crippen LogP contribution in [0.3, 0.4) is 0 Å². The minimum atomic E-state index is -0.0521. The van der Waals surface area contributed by atoms with E-state index in [1.165, 1.54) is 7.11 Å². The van der Waals surface area contributed by atoms with Gasteiger partial charge in [-0.15, -0.1) is 0 Å². The van der Waals surface area contributed by atoms with Gasteiger partial charge in [0.05, 0.1) is 7.11 Å². The molecule has 11 heavy (non-hydrogen) atoms. The molecule has 0 unspecified atom stereocenters. The van der Waals surface area contributed by atoms with Gasteiger partial charge in [0.15, 0.2) is 0 Å². The minimum absolute atomic E-state index is 0.0521. The third-order valence-electron chi connectivity index (χ3n) is 1.70. The van der Waals surface area contributed by atoms with E-state index in [4.69, 9.17) is 0 Å². The van der Waals surface area contributed by atoms with Crippen LogP contribution in [0.15, 0.2) is 0 Å². The van der Waals surface area contributed by atoms with Gasteiger partial charge in [-0.25, -0.2) is 0 Å². The summed E-state index contributed by atoms with van der Waals surface area (Å²) in [6.07, 6.45) is 5.10. The molecule has 0 N–H and O–H groups in total. The number of carbonyl (C=O) groups excluding carboxylic acids is 1. The Morgan fingerprint density at radius 1 is 1.73 bits per heavy atom. The number of hydrogen-bond acceptors (Lipinski definition) is 2. The summed E-state index contributed by atoms with van der Waals surface area (Å²) in [6.45, 7) is 0. The van der Waals surface area contributed by atoms with Crippen molar-refractivity contribution < 1.29 is 24.6 Å². The van der Waals surface area contributed by atoms with Crippen LogP contribution in [0.5, 0.6) is 0 Å². The number of methoxy groups -OCH3 is 1. The van der Waals surface area contributed by atoms with Crippen LogP contribution in [0.2, 0.25) is 0 Å². The van der Waals surface area contributed by atoms with Crippen LogP contribution >= 0.6 is 0 Å². The van der Waals surface area contributed by atoms with Crippen LogP contribution < -0.4 is 0 Å². The summed E-state index contributed by atoms with van der Waals surface area (Å²) < 4.78 is 4.58. The van der Waals surface area contributed by atoms with Crippen molar-refractivity contribution in [1.82, 2.24) is 0 Å². The van der Waals surface area contributed by atoms with Crippen LogP contribution in [-0.4, -0.2) is 18.6 Å². The first-order valence-corrected chi connectivity index (χ1v) is 4.16. The normalized spacial score (nSPS) is 21.9. The number of rotatable bonds is 1. The van der Waals surface area contributed by atoms with Gasteiger partial charge in [-0.05, 0) is 0 Å². The standard InChI is InChI=1S/C7H11O2.CH2.Ni/c1-9-7(8)6-4-2-3-5-6;;/h2,6H,3-5H2,1H3;1H2;/q-1;;/t6-;;/m1../s1. The van der Waals surface area contributed by atoms with E-state index in [9.17, 15) is 4.79 Å². The quantitative estimate of drug-likeness (QED) is 0.360. The molecule has 1 atom stereocenters. The fourth-order valence-electron chi connectivity index (χ4n) is 1.14. The Morgan fingerprint density at radius 3 is 2.73 bits per heavy atom. The number of esters is 1. The van der Waals surface area contributed by atoms with Crippen molar-refractivity contribution >= 4 is 11.5 Å². The Labute approximate surface area is 75.2 Å². The van der Waals surface area contributed by atoms with Gasteiger partial charge in [0.1, 0.15) is 0 Å². The summed E-state index contributed by atoms with van der Waals surface area (Å²) in [4.78, 5) is 10.8. The summed E-state index contributed by atoms with van der Waals surface area (Å²) in [7, 11) is 1.45. The summed E-state index contributed by atoms with van der Waals surface area (Å²) >= 11 is 3.62. The third kappa shape index (κ3) is 3.66. The van der Waals surface area contributed by atoms with Gasteiger partial charge in [0, 0.05) is 5.92 Å². The van der Waals surface area contributed by atoms with Gasteiger partial charge in [-0.1, -0.05) is 6.42 Å².